The number of nitrogen functional groups attached to an aromatic ring is 1. The van der Waals surface area contributed by atoms with E-state index in [1.54, 1.807) is 18.7 Å². The molecule has 0 fully saturated rings. The summed E-state index contributed by atoms with van der Waals surface area (Å²) in [5.74, 6) is 7.42. The number of nitrogens with zero attached hydrogens (tertiary/aromatic N) is 3. The molecule has 8 nitrogen and oxygen atoms in total. The molecule has 4 N–H and O–H groups in total. The van der Waals surface area contributed by atoms with Crippen LogP contribution in [0.15, 0.2) is 0 Å². The van der Waals surface area contributed by atoms with Crippen LogP contribution in [0.4, 0.5) is 17.5 Å². The van der Waals surface area contributed by atoms with E-state index in [1.165, 1.54) is 0 Å². The SMILES string of the molecule is CCSCC(C)Nc1nc(NN)nc(C)c1[N+](=O)[O-]. The van der Waals surface area contributed by atoms with Crippen LogP contribution in [-0.4, -0.2) is 32.4 Å². The first-order chi connectivity index (χ1) is 8.99. The normalized spacial score (nSPS) is 12.0. The molecule has 0 aliphatic carbocycles. The molecule has 1 rings (SSSR count). The van der Waals surface area contributed by atoms with E-state index in [2.05, 4.69) is 27.6 Å². The summed E-state index contributed by atoms with van der Waals surface area (Å²) in [6, 6.07) is 0.0589. The van der Waals surface area contributed by atoms with Gasteiger partial charge in [0.25, 0.3) is 0 Å². The molecule has 0 saturated carbocycles. The summed E-state index contributed by atoms with van der Waals surface area (Å²) in [5.41, 5.74) is 2.45. The van der Waals surface area contributed by atoms with E-state index in [0.29, 0.717) is 0 Å². The number of hydrogen-bond acceptors (Lipinski definition) is 8. The van der Waals surface area contributed by atoms with Crippen LogP contribution in [0.3, 0.4) is 0 Å². The highest BCUT2D eigenvalue weighted by Gasteiger charge is 2.22. The van der Waals surface area contributed by atoms with Gasteiger partial charge in [-0.15, -0.1) is 0 Å². The number of thioether (sulfide) groups is 1. The fourth-order valence-electron chi connectivity index (χ4n) is 1.52. The Labute approximate surface area is 115 Å². The van der Waals surface area contributed by atoms with Crippen molar-refractivity contribution in [1.29, 1.82) is 0 Å². The van der Waals surface area contributed by atoms with E-state index in [-0.39, 0.29) is 29.2 Å². The zero-order chi connectivity index (χ0) is 14.4. The maximum atomic E-state index is 11.1. The quantitative estimate of drug-likeness (QED) is 0.392. The highest BCUT2D eigenvalue weighted by Crippen LogP contribution is 2.27. The van der Waals surface area contributed by atoms with Crippen molar-refractivity contribution < 1.29 is 4.92 Å². The molecule has 1 heterocycles. The number of hydrogen-bond donors (Lipinski definition) is 3. The van der Waals surface area contributed by atoms with Gasteiger partial charge in [-0.25, -0.2) is 10.8 Å². The van der Waals surface area contributed by atoms with Crippen LogP contribution >= 0.6 is 11.8 Å². The van der Waals surface area contributed by atoms with Crippen LogP contribution in [0.2, 0.25) is 0 Å². The third-order valence-electron chi connectivity index (χ3n) is 2.33. The van der Waals surface area contributed by atoms with Gasteiger partial charge in [-0.2, -0.15) is 16.7 Å². The fourth-order valence-corrected chi connectivity index (χ4v) is 2.19. The molecule has 9 heteroatoms. The molecule has 1 aromatic rings. The van der Waals surface area contributed by atoms with Crippen LogP contribution in [-0.2, 0) is 0 Å². The van der Waals surface area contributed by atoms with Crippen LogP contribution in [0.5, 0.6) is 0 Å². The highest BCUT2D eigenvalue weighted by molar-refractivity contribution is 7.99. The minimum absolute atomic E-state index is 0.0589. The molecule has 0 bridgehead atoms. The first-order valence-corrected chi connectivity index (χ1v) is 6.99. The van der Waals surface area contributed by atoms with Gasteiger partial charge in [-0.3, -0.25) is 15.5 Å². The van der Waals surface area contributed by atoms with Gasteiger partial charge in [0.15, 0.2) is 0 Å². The average Bonchev–Trinajstić information content (AvgIpc) is 2.35. The standard InChI is InChI=1S/C10H18N6O2S/c1-4-19-5-6(2)12-9-8(16(17)18)7(3)13-10(14-9)15-11/h6H,4-5,11H2,1-3H3,(H2,12,13,14,15). The molecule has 1 aromatic heterocycles. The van der Waals surface area contributed by atoms with Gasteiger partial charge >= 0.3 is 5.69 Å². The summed E-state index contributed by atoms with van der Waals surface area (Å²) in [6.07, 6.45) is 0. The Morgan fingerprint density at radius 3 is 2.74 bits per heavy atom. The summed E-state index contributed by atoms with van der Waals surface area (Å²) in [7, 11) is 0. The lowest BCUT2D eigenvalue weighted by Gasteiger charge is -2.15. The average molecular weight is 286 g/mol. The molecule has 0 amide bonds. The molecular formula is C10H18N6O2S. The lowest BCUT2D eigenvalue weighted by atomic mass is 10.3. The molecule has 0 saturated heterocycles. The van der Waals surface area contributed by atoms with E-state index in [1.807, 2.05) is 6.92 Å². The van der Waals surface area contributed by atoms with E-state index in [0.717, 1.165) is 11.5 Å². The summed E-state index contributed by atoms with van der Waals surface area (Å²) in [4.78, 5) is 18.5. The first kappa shape index (κ1) is 15.4. The van der Waals surface area contributed by atoms with Gasteiger partial charge in [-0.1, -0.05) is 6.92 Å². The molecule has 0 aliphatic heterocycles. The second kappa shape index (κ2) is 7.10. The maximum Gasteiger partial charge on any atom is 0.332 e. The van der Waals surface area contributed by atoms with Crippen LogP contribution < -0.4 is 16.6 Å². The van der Waals surface area contributed by atoms with E-state index in [9.17, 15) is 10.1 Å². The van der Waals surface area contributed by atoms with E-state index >= 15 is 0 Å². The van der Waals surface area contributed by atoms with Crippen LogP contribution in [0.25, 0.3) is 0 Å². The summed E-state index contributed by atoms with van der Waals surface area (Å²) in [5, 5.41) is 14.1. The molecule has 0 aromatic carbocycles. The van der Waals surface area contributed by atoms with Crippen LogP contribution in [0, 0.1) is 17.0 Å². The number of rotatable bonds is 7. The number of nitrogens with one attached hydrogen (secondary N) is 2. The molecule has 0 spiro atoms. The smallest absolute Gasteiger partial charge is 0.332 e. The zero-order valence-corrected chi connectivity index (χ0v) is 12.0. The summed E-state index contributed by atoms with van der Waals surface area (Å²) >= 11 is 1.75. The van der Waals surface area contributed by atoms with E-state index < -0.39 is 4.92 Å². The predicted octanol–water partition coefficient (Wildman–Crippen LogP) is 1.53. The highest BCUT2D eigenvalue weighted by atomic mass is 32.2. The Balaban J connectivity index is 3.02. The lowest BCUT2D eigenvalue weighted by Crippen LogP contribution is -2.21. The molecular weight excluding hydrogens is 268 g/mol. The molecule has 0 radical (unpaired) electrons. The van der Waals surface area contributed by atoms with Gasteiger partial charge in [0.1, 0.15) is 5.69 Å². The van der Waals surface area contributed by atoms with Crippen molar-refractivity contribution in [1.82, 2.24) is 9.97 Å². The number of nitro groups is 1. The number of aryl methyl sites for hydroxylation is 1. The van der Waals surface area contributed by atoms with Gasteiger partial charge < -0.3 is 5.32 Å². The summed E-state index contributed by atoms with van der Waals surface area (Å²) in [6.45, 7) is 5.56. The fraction of sp³-hybridized carbons (Fsp3) is 0.600. The van der Waals surface area contributed by atoms with Crippen molar-refractivity contribution in [2.75, 3.05) is 22.2 Å². The van der Waals surface area contributed by atoms with Crippen molar-refractivity contribution in [2.24, 2.45) is 5.84 Å². The zero-order valence-electron chi connectivity index (χ0n) is 11.1. The minimum Gasteiger partial charge on any atom is -0.361 e. The van der Waals surface area contributed by atoms with Crippen molar-refractivity contribution in [3.63, 3.8) is 0 Å². The van der Waals surface area contributed by atoms with Gasteiger partial charge in [0.05, 0.1) is 4.92 Å². The topological polar surface area (TPSA) is 119 Å². The monoisotopic (exact) mass is 286 g/mol. The maximum absolute atomic E-state index is 11.1. The van der Waals surface area contributed by atoms with Crippen LogP contribution in [0.1, 0.15) is 19.5 Å². The second-order valence-corrected chi connectivity index (χ2v) is 5.26. The number of aromatic nitrogens is 2. The third-order valence-corrected chi connectivity index (χ3v) is 3.47. The largest absolute Gasteiger partial charge is 0.361 e. The van der Waals surface area contributed by atoms with Crippen molar-refractivity contribution in [2.45, 2.75) is 26.8 Å². The molecule has 0 aliphatic rings. The number of anilines is 2. The van der Waals surface area contributed by atoms with Gasteiger partial charge in [-0.05, 0) is 19.6 Å². The molecule has 19 heavy (non-hydrogen) atoms. The number of hydrazine groups is 1. The van der Waals surface area contributed by atoms with E-state index in [4.69, 9.17) is 5.84 Å². The Hall–Kier alpha value is -1.61. The Kier molecular flexibility index (Phi) is 5.77. The van der Waals surface area contributed by atoms with Gasteiger partial charge in [0.2, 0.25) is 11.8 Å². The van der Waals surface area contributed by atoms with Crippen molar-refractivity contribution in [3.8, 4) is 0 Å². The van der Waals surface area contributed by atoms with Gasteiger partial charge in [0, 0.05) is 11.8 Å². The summed E-state index contributed by atoms with van der Waals surface area (Å²) < 4.78 is 0. The van der Waals surface area contributed by atoms with Crippen molar-refractivity contribution >= 4 is 29.2 Å². The third kappa shape index (κ3) is 4.21. The van der Waals surface area contributed by atoms with Crippen molar-refractivity contribution in [3.05, 3.63) is 15.8 Å². The second-order valence-electron chi connectivity index (χ2n) is 3.94. The minimum atomic E-state index is -0.488. The lowest BCUT2D eigenvalue weighted by molar-refractivity contribution is -0.385. The first-order valence-electron chi connectivity index (χ1n) is 5.83. The number of nitrogens with two attached hydrogens (primary N) is 1. The Morgan fingerprint density at radius 1 is 1.53 bits per heavy atom. The predicted molar refractivity (Wildman–Crippen MR) is 77.3 cm³/mol. The molecule has 1 atom stereocenters. The Bertz CT molecular complexity index is 456. The molecule has 1 unspecified atom stereocenters. The Morgan fingerprint density at radius 2 is 2.21 bits per heavy atom. The molecule has 106 valence electrons.